The van der Waals surface area contributed by atoms with Gasteiger partial charge in [-0.2, -0.15) is 0 Å². The molecular formula is C17H25NO3. The Bertz CT molecular complexity index is 505. The van der Waals surface area contributed by atoms with Crippen molar-refractivity contribution in [2.45, 2.75) is 26.7 Å². The highest BCUT2D eigenvalue weighted by Gasteiger charge is 2.37. The minimum Gasteiger partial charge on any atom is -0.493 e. The predicted molar refractivity (Wildman–Crippen MR) is 83.3 cm³/mol. The fraction of sp³-hybridized carbons (Fsp3) is 0.588. The van der Waals surface area contributed by atoms with Gasteiger partial charge in [-0.1, -0.05) is 13.8 Å². The van der Waals surface area contributed by atoms with Gasteiger partial charge in [0, 0.05) is 11.0 Å². The highest BCUT2D eigenvalue weighted by molar-refractivity contribution is 6.00. The summed E-state index contributed by atoms with van der Waals surface area (Å²) in [4.78, 5) is 12.9. The molecule has 0 radical (unpaired) electrons. The number of Topliss-reactive ketones (excluding diaryl/α,β-unsaturated/α-hetero) is 1. The standard InChI is InChI=1S/C17H25NO3/c1-17(2,13-6-5-9-18-11-13)16(19)12-7-8-14(20-3)15(10-12)21-4/h7-8,10,13,18H,5-6,9,11H2,1-4H3. The van der Waals surface area contributed by atoms with E-state index in [1.807, 2.05) is 19.9 Å². The number of carbonyl (C=O) groups is 1. The summed E-state index contributed by atoms with van der Waals surface area (Å²) in [7, 11) is 3.18. The highest BCUT2D eigenvalue weighted by atomic mass is 16.5. The second kappa shape index (κ2) is 6.48. The van der Waals surface area contributed by atoms with Crippen LogP contribution in [0.15, 0.2) is 18.2 Å². The number of methoxy groups -OCH3 is 2. The van der Waals surface area contributed by atoms with Crippen LogP contribution in [0.2, 0.25) is 0 Å². The number of carbonyl (C=O) groups excluding carboxylic acids is 1. The maximum atomic E-state index is 12.9. The molecule has 0 aromatic heterocycles. The maximum absolute atomic E-state index is 12.9. The van der Waals surface area contributed by atoms with Gasteiger partial charge in [0.1, 0.15) is 0 Å². The molecule has 0 amide bonds. The second-order valence-corrected chi connectivity index (χ2v) is 6.16. The van der Waals surface area contributed by atoms with E-state index < -0.39 is 0 Å². The molecule has 0 bridgehead atoms. The second-order valence-electron chi connectivity index (χ2n) is 6.16. The van der Waals surface area contributed by atoms with Crippen LogP contribution in [0, 0.1) is 11.3 Å². The minimum absolute atomic E-state index is 0.164. The van der Waals surface area contributed by atoms with E-state index in [2.05, 4.69) is 5.32 Å². The molecule has 1 aliphatic heterocycles. The largest absolute Gasteiger partial charge is 0.493 e. The molecule has 0 spiro atoms. The zero-order valence-corrected chi connectivity index (χ0v) is 13.4. The predicted octanol–water partition coefficient (Wildman–Crippen LogP) is 2.91. The van der Waals surface area contributed by atoms with Crippen molar-refractivity contribution in [3.05, 3.63) is 23.8 Å². The lowest BCUT2D eigenvalue weighted by Crippen LogP contribution is -2.42. The summed E-state index contributed by atoms with van der Waals surface area (Å²) in [6, 6.07) is 5.39. The van der Waals surface area contributed by atoms with Crippen molar-refractivity contribution >= 4 is 5.78 Å². The molecule has 1 aromatic rings. The van der Waals surface area contributed by atoms with Gasteiger partial charge in [-0.15, -0.1) is 0 Å². The first kappa shape index (κ1) is 15.8. The van der Waals surface area contributed by atoms with Crippen molar-refractivity contribution in [2.24, 2.45) is 11.3 Å². The first-order chi connectivity index (χ1) is 10.0. The van der Waals surface area contributed by atoms with Crippen LogP contribution in [0.1, 0.15) is 37.0 Å². The Kier molecular flexibility index (Phi) is 4.88. The fourth-order valence-corrected chi connectivity index (χ4v) is 3.00. The maximum Gasteiger partial charge on any atom is 0.168 e. The van der Waals surface area contributed by atoms with Gasteiger partial charge in [0.05, 0.1) is 14.2 Å². The van der Waals surface area contributed by atoms with Crippen molar-refractivity contribution in [3.63, 3.8) is 0 Å². The van der Waals surface area contributed by atoms with Crippen LogP contribution in [0.5, 0.6) is 11.5 Å². The Morgan fingerprint density at radius 3 is 2.52 bits per heavy atom. The monoisotopic (exact) mass is 291 g/mol. The Morgan fingerprint density at radius 1 is 1.24 bits per heavy atom. The molecule has 1 heterocycles. The molecule has 1 aliphatic rings. The van der Waals surface area contributed by atoms with Gasteiger partial charge in [0.15, 0.2) is 17.3 Å². The molecule has 1 N–H and O–H groups in total. The Morgan fingerprint density at radius 2 is 1.95 bits per heavy atom. The summed E-state index contributed by atoms with van der Waals surface area (Å²) >= 11 is 0. The molecule has 1 unspecified atom stereocenters. The van der Waals surface area contributed by atoms with Crippen LogP contribution in [0.4, 0.5) is 0 Å². The van der Waals surface area contributed by atoms with E-state index in [1.54, 1.807) is 26.4 Å². The van der Waals surface area contributed by atoms with E-state index >= 15 is 0 Å². The number of nitrogens with one attached hydrogen (secondary N) is 1. The highest BCUT2D eigenvalue weighted by Crippen LogP contribution is 2.37. The molecule has 1 aromatic carbocycles. The lowest BCUT2D eigenvalue weighted by Gasteiger charge is -2.36. The summed E-state index contributed by atoms with van der Waals surface area (Å²) < 4.78 is 10.5. The Balaban J connectivity index is 2.25. The summed E-state index contributed by atoms with van der Waals surface area (Å²) in [6.45, 7) is 6.05. The van der Waals surface area contributed by atoms with Crippen molar-refractivity contribution in [3.8, 4) is 11.5 Å². The Hall–Kier alpha value is -1.55. The van der Waals surface area contributed by atoms with E-state index in [4.69, 9.17) is 9.47 Å². The third-order valence-electron chi connectivity index (χ3n) is 4.55. The first-order valence-corrected chi connectivity index (χ1v) is 7.48. The van der Waals surface area contributed by atoms with Crippen LogP contribution in [0.25, 0.3) is 0 Å². The number of piperidine rings is 1. The van der Waals surface area contributed by atoms with Gasteiger partial charge >= 0.3 is 0 Å². The number of hydrogen-bond donors (Lipinski definition) is 1. The zero-order chi connectivity index (χ0) is 15.5. The van der Waals surface area contributed by atoms with Crippen LogP contribution in [0.3, 0.4) is 0 Å². The molecule has 2 rings (SSSR count). The molecule has 1 saturated heterocycles. The van der Waals surface area contributed by atoms with E-state index in [0.29, 0.717) is 23.0 Å². The van der Waals surface area contributed by atoms with Gasteiger partial charge in [0.2, 0.25) is 0 Å². The molecule has 116 valence electrons. The van der Waals surface area contributed by atoms with Gasteiger partial charge in [0.25, 0.3) is 0 Å². The normalized spacial score (nSPS) is 19.1. The Labute approximate surface area is 126 Å². The minimum atomic E-state index is -0.382. The van der Waals surface area contributed by atoms with Gasteiger partial charge in [-0.05, 0) is 50.0 Å². The fourth-order valence-electron chi connectivity index (χ4n) is 3.00. The molecule has 4 nitrogen and oxygen atoms in total. The topological polar surface area (TPSA) is 47.6 Å². The van der Waals surface area contributed by atoms with Gasteiger partial charge in [-0.3, -0.25) is 4.79 Å². The zero-order valence-electron chi connectivity index (χ0n) is 13.4. The smallest absolute Gasteiger partial charge is 0.168 e. The average molecular weight is 291 g/mol. The van der Waals surface area contributed by atoms with E-state index in [-0.39, 0.29) is 11.2 Å². The van der Waals surface area contributed by atoms with Gasteiger partial charge in [-0.25, -0.2) is 0 Å². The molecule has 0 saturated carbocycles. The number of ether oxygens (including phenoxy) is 2. The van der Waals surface area contributed by atoms with E-state index in [0.717, 1.165) is 25.9 Å². The summed E-state index contributed by atoms with van der Waals surface area (Å²) in [5.41, 5.74) is 0.302. The quantitative estimate of drug-likeness (QED) is 0.847. The first-order valence-electron chi connectivity index (χ1n) is 7.48. The van der Waals surface area contributed by atoms with Crippen LogP contribution < -0.4 is 14.8 Å². The molecule has 21 heavy (non-hydrogen) atoms. The van der Waals surface area contributed by atoms with Gasteiger partial charge < -0.3 is 14.8 Å². The summed E-state index contributed by atoms with van der Waals surface area (Å²) in [5.74, 6) is 1.77. The lowest BCUT2D eigenvalue weighted by molar-refractivity contribution is 0.0708. The number of hydrogen-bond acceptors (Lipinski definition) is 4. The number of ketones is 1. The number of rotatable bonds is 5. The van der Waals surface area contributed by atoms with Crippen LogP contribution in [-0.4, -0.2) is 33.1 Å². The van der Waals surface area contributed by atoms with Crippen molar-refractivity contribution in [1.29, 1.82) is 0 Å². The van der Waals surface area contributed by atoms with Crippen LogP contribution >= 0.6 is 0 Å². The molecule has 1 fully saturated rings. The third kappa shape index (κ3) is 3.21. The summed E-state index contributed by atoms with van der Waals surface area (Å²) in [5, 5.41) is 3.39. The number of benzene rings is 1. The average Bonchev–Trinajstić information content (AvgIpc) is 2.54. The molecule has 0 aliphatic carbocycles. The van der Waals surface area contributed by atoms with Crippen molar-refractivity contribution < 1.29 is 14.3 Å². The van der Waals surface area contributed by atoms with Crippen molar-refractivity contribution in [1.82, 2.24) is 5.32 Å². The molecule has 4 heteroatoms. The lowest BCUT2D eigenvalue weighted by atomic mass is 9.70. The molecular weight excluding hydrogens is 266 g/mol. The summed E-state index contributed by atoms with van der Waals surface area (Å²) in [6.07, 6.45) is 2.23. The third-order valence-corrected chi connectivity index (χ3v) is 4.55. The van der Waals surface area contributed by atoms with Crippen LogP contribution in [-0.2, 0) is 0 Å². The molecule has 1 atom stereocenters. The van der Waals surface area contributed by atoms with E-state index in [1.165, 1.54) is 0 Å². The van der Waals surface area contributed by atoms with E-state index in [9.17, 15) is 4.79 Å². The SMILES string of the molecule is COc1ccc(C(=O)C(C)(C)C2CCCNC2)cc1OC. The van der Waals surface area contributed by atoms with Crippen molar-refractivity contribution in [2.75, 3.05) is 27.3 Å².